The second-order valence-electron chi connectivity index (χ2n) is 3.37. The molecular formula is C9H17NO2. The minimum atomic E-state index is -0.0463. The number of rotatable bonds is 2. The van der Waals surface area contributed by atoms with E-state index in [-0.39, 0.29) is 11.9 Å². The molecule has 0 unspecified atom stereocenters. The summed E-state index contributed by atoms with van der Waals surface area (Å²) < 4.78 is 4.72. The van der Waals surface area contributed by atoms with Crippen LogP contribution in [0.25, 0.3) is 0 Å². The zero-order valence-corrected chi connectivity index (χ0v) is 7.80. The van der Waals surface area contributed by atoms with E-state index < -0.39 is 0 Å². The highest BCUT2D eigenvalue weighted by atomic mass is 16.5. The Labute approximate surface area is 73.5 Å². The molecule has 1 aliphatic carbocycles. The van der Waals surface area contributed by atoms with Gasteiger partial charge in [0.1, 0.15) is 0 Å². The van der Waals surface area contributed by atoms with Crippen LogP contribution < -0.4 is 5.32 Å². The van der Waals surface area contributed by atoms with E-state index in [0.717, 1.165) is 19.3 Å². The molecule has 0 bridgehead atoms. The van der Waals surface area contributed by atoms with Crippen molar-refractivity contribution in [2.75, 3.05) is 14.2 Å². The van der Waals surface area contributed by atoms with E-state index in [2.05, 4.69) is 5.32 Å². The van der Waals surface area contributed by atoms with Crippen LogP contribution in [0.2, 0.25) is 0 Å². The number of methoxy groups -OCH3 is 1. The van der Waals surface area contributed by atoms with E-state index in [4.69, 9.17) is 4.74 Å². The molecule has 0 spiro atoms. The SMILES string of the molecule is CN[C@@H]1CCC[C@H](C(=O)OC)C1. The summed E-state index contributed by atoms with van der Waals surface area (Å²) in [7, 11) is 3.41. The Bertz CT molecular complexity index is 159. The monoisotopic (exact) mass is 171 g/mol. The fourth-order valence-corrected chi connectivity index (χ4v) is 1.83. The largest absolute Gasteiger partial charge is 0.469 e. The molecule has 3 heteroatoms. The van der Waals surface area contributed by atoms with E-state index >= 15 is 0 Å². The molecule has 70 valence electrons. The number of esters is 1. The third-order valence-electron chi connectivity index (χ3n) is 2.62. The van der Waals surface area contributed by atoms with Crippen molar-refractivity contribution in [2.24, 2.45) is 5.92 Å². The van der Waals surface area contributed by atoms with Crippen molar-refractivity contribution in [3.63, 3.8) is 0 Å². The molecule has 1 fully saturated rings. The van der Waals surface area contributed by atoms with Gasteiger partial charge in [-0.25, -0.2) is 0 Å². The van der Waals surface area contributed by atoms with Crippen LogP contribution in [0.15, 0.2) is 0 Å². The first-order valence-corrected chi connectivity index (χ1v) is 4.53. The molecule has 0 aromatic carbocycles. The molecule has 0 heterocycles. The van der Waals surface area contributed by atoms with Crippen molar-refractivity contribution in [1.82, 2.24) is 5.32 Å². The highest BCUT2D eigenvalue weighted by Crippen LogP contribution is 2.24. The standard InChI is InChI=1S/C9H17NO2/c1-10-8-5-3-4-7(6-8)9(11)12-2/h7-8,10H,3-6H2,1-2H3/t7-,8+/m0/s1. The summed E-state index contributed by atoms with van der Waals surface area (Å²) in [6, 6.07) is 0.503. The zero-order valence-electron chi connectivity index (χ0n) is 7.80. The van der Waals surface area contributed by atoms with E-state index in [1.165, 1.54) is 13.5 Å². The second-order valence-corrected chi connectivity index (χ2v) is 3.37. The molecule has 3 nitrogen and oxygen atoms in total. The molecule has 0 aromatic heterocycles. The van der Waals surface area contributed by atoms with Crippen molar-refractivity contribution >= 4 is 5.97 Å². The molecule has 0 radical (unpaired) electrons. The topological polar surface area (TPSA) is 38.3 Å². The Kier molecular flexibility index (Phi) is 3.53. The van der Waals surface area contributed by atoms with Crippen LogP contribution in [-0.2, 0) is 9.53 Å². The van der Waals surface area contributed by atoms with Crippen molar-refractivity contribution in [2.45, 2.75) is 31.7 Å². The van der Waals surface area contributed by atoms with Gasteiger partial charge in [-0.2, -0.15) is 0 Å². The maximum Gasteiger partial charge on any atom is 0.308 e. The number of carbonyl (C=O) groups is 1. The Balaban J connectivity index is 2.40. The van der Waals surface area contributed by atoms with Crippen LogP contribution in [0.5, 0.6) is 0 Å². The van der Waals surface area contributed by atoms with E-state index in [1.54, 1.807) is 0 Å². The van der Waals surface area contributed by atoms with Crippen molar-refractivity contribution in [3.8, 4) is 0 Å². The van der Waals surface area contributed by atoms with Crippen molar-refractivity contribution < 1.29 is 9.53 Å². The first kappa shape index (κ1) is 9.52. The minimum Gasteiger partial charge on any atom is -0.469 e. The van der Waals surface area contributed by atoms with E-state index in [1.807, 2.05) is 7.05 Å². The van der Waals surface area contributed by atoms with Gasteiger partial charge in [-0.15, -0.1) is 0 Å². The quantitative estimate of drug-likeness (QED) is 0.628. The van der Waals surface area contributed by atoms with Gasteiger partial charge in [0.05, 0.1) is 13.0 Å². The summed E-state index contributed by atoms with van der Waals surface area (Å²) in [4.78, 5) is 11.2. The van der Waals surface area contributed by atoms with E-state index in [9.17, 15) is 4.79 Å². The van der Waals surface area contributed by atoms with Gasteiger partial charge in [0.15, 0.2) is 0 Å². The molecule has 0 aliphatic heterocycles. The Morgan fingerprint density at radius 2 is 2.25 bits per heavy atom. The fourth-order valence-electron chi connectivity index (χ4n) is 1.83. The number of nitrogens with one attached hydrogen (secondary N) is 1. The summed E-state index contributed by atoms with van der Waals surface area (Å²) in [6.07, 6.45) is 4.24. The molecule has 0 saturated heterocycles. The molecule has 2 atom stereocenters. The number of hydrogen-bond donors (Lipinski definition) is 1. The number of hydrogen-bond acceptors (Lipinski definition) is 3. The first-order valence-electron chi connectivity index (χ1n) is 4.53. The molecule has 1 N–H and O–H groups in total. The van der Waals surface area contributed by atoms with Crippen molar-refractivity contribution in [3.05, 3.63) is 0 Å². The third-order valence-corrected chi connectivity index (χ3v) is 2.62. The number of ether oxygens (including phenoxy) is 1. The van der Waals surface area contributed by atoms with Crippen LogP contribution >= 0.6 is 0 Å². The Hall–Kier alpha value is -0.570. The predicted molar refractivity (Wildman–Crippen MR) is 46.8 cm³/mol. The predicted octanol–water partition coefficient (Wildman–Crippen LogP) is 0.938. The third kappa shape index (κ3) is 2.21. The lowest BCUT2D eigenvalue weighted by Gasteiger charge is -2.26. The first-order chi connectivity index (χ1) is 5.77. The van der Waals surface area contributed by atoms with Gasteiger partial charge in [-0.1, -0.05) is 6.42 Å². The highest BCUT2D eigenvalue weighted by molar-refractivity contribution is 5.72. The van der Waals surface area contributed by atoms with Crippen molar-refractivity contribution in [1.29, 1.82) is 0 Å². The summed E-state index contributed by atoms with van der Waals surface area (Å²) in [6.45, 7) is 0. The summed E-state index contributed by atoms with van der Waals surface area (Å²) in [5.74, 6) is 0.0798. The maximum absolute atomic E-state index is 11.2. The Morgan fingerprint density at radius 1 is 1.50 bits per heavy atom. The lowest BCUT2D eigenvalue weighted by molar-refractivity contribution is -0.146. The molecule has 1 aliphatic rings. The average molecular weight is 171 g/mol. The van der Waals surface area contributed by atoms with Gasteiger partial charge in [0, 0.05) is 6.04 Å². The molecule has 1 saturated carbocycles. The number of carbonyl (C=O) groups excluding carboxylic acids is 1. The highest BCUT2D eigenvalue weighted by Gasteiger charge is 2.26. The zero-order chi connectivity index (χ0) is 8.97. The van der Waals surface area contributed by atoms with Gasteiger partial charge in [-0.05, 0) is 26.3 Å². The van der Waals surface area contributed by atoms with Gasteiger partial charge in [-0.3, -0.25) is 4.79 Å². The molecular weight excluding hydrogens is 154 g/mol. The van der Waals surface area contributed by atoms with Crippen LogP contribution in [0.4, 0.5) is 0 Å². The van der Waals surface area contributed by atoms with Crippen LogP contribution in [-0.4, -0.2) is 26.2 Å². The van der Waals surface area contributed by atoms with Gasteiger partial charge >= 0.3 is 5.97 Å². The average Bonchev–Trinajstić information content (AvgIpc) is 2.17. The van der Waals surface area contributed by atoms with Gasteiger partial charge in [0.25, 0.3) is 0 Å². The molecule has 12 heavy (non-hydrogen) atoms. The maximum atomic E-state index is 11.2. The normalized spacial score (nSPS) is 29.8. The summed E-state index contributed by atoms with van der Waals surface area (Å²) in [5.41, 5.74) is 0. The molecule has 1 rings (SSSR count). The summed E-state index contributed by atoms with van der Waals surface area (Å²) in [5, 5.41) is 3.21. The summed E-state index contributed by atoms with van der Waals surface area (Å²) >= 11 is 0. The second kappa shape index (κ2) is 4.45. The van der Waals surface area contributed by atoms with Crippen LogP contribution in [0.1, 0.15) is 25.7 Å². The lowest BCUT2D eigenvalue weighted by Crippen LogP contribution is -2.34. The van der Waals surface area contributed by atoms with Crippen LogP contribution in [0.3, 0.4) is 0 Å². The fraction of sp³-hybridized carbons (Fsp3) is 0.889. The minimum absolute atomic E-state index is 0.0463. The smallest absolute Gasteiger partial charge is 0.308 e. The van der Waals surface area contributed by atoms with E-state index in [0.29, 0.717) is 6.04 Å². The lowest BCUT2D eigenvalue weighted by atomic mass is 9.86. The molecule has 0 amide bonds. The Morgan fingerprint density at radius 3 is 2.83 bits per heavy atom. The van der Waals surface area contributed by atoms with Gasteiger partial charge in [0.2, 0.25) is 0 Å². The van der Waals surface area contributed by atoms with Gasteiger partial charge < -0.3 is 10.1 Å². The van der Waals surface area contributed by atoms with Crippen LogP contribution in [0, 0.1) is 5.92 Å². The molecule has 0 aromatic rings.